The molecule has 4 nitrogen and oxygen atoms in total. The molecule has 0 unspecified atom stereocenters. The highest BCUT2D eigenvalue weighted by molar-refractivity contribution is 7.20. The van der Waals surface area contributed by atoms with E-state index in [0.29, 0.717) is 5.82 Å². The summed E-state index contributed by atoms with van der Waals surface area (Å²) in [5.74, 6) is 1.47. The van der Waals surface area contributed by atoms with Crippen molar-refractivity contribution < 1.29 is 0 Å². The van der Waals surface area contributed by atoms with Gasteiger partial charge in [-0.25, -0.2) is 9.97 Å². The van der Waals surface area contributed by atoms with Crippen molar-refractivity contribution in [2.75, 3.05) is 0 Å². The Labute approximate surface area is 479 Å². The maximum atomic E-state index is 5.58. The van der Waals surface area contributed by atoms with Crippen LogP contribution in [0.1, 0.15) is 0 Å². The monoisotopic (exact) mass is 1080 g/mol. The Morgan fingerprint density at radius 2 is 0.671 bits per heavy atom. The topological polar surface area (TPSA) is 35.6 Å². The fourth-order valence-corrected chi connectivity index (χ4v) is 22.9. The van der Waals surface area contributed by atoms with Crippen molar-refractivity contribution in [3.63, 3.8) is 0 Å². The summed E-state index contributed by atoms with van der Waals surface area (Å²) in [6.07, 6.45) is 0. The van der Waals surface area contributed by atoms with E-state index in [9.17, 15) is 0 Å². The molecule has 0 fully saturated rings. The Kier molecular flexibility index (Phi) is 12.2. The van der Waals surface area contributed by atoms with Gasteiger partial charge < -0.3 is 4.57 Å². The molecule has 82 heavy (non-hydrogen) atoms. The van der Waals surface area contributed by atoms with Crippen LogP contribution in [-0.4, -0.2) is 35.2 Å². The number of benzene rings is 12. The first-order chi connectivity index (χ1) is 40.7. The van der Waals surface area contributed by atoms with Gasteiger partial charge in [-0.3, -0.25) is 4.57 Å². The van der Waals surface area contributed by atoms with Crippen LogP contribution < -0.4 is 41.5 Å². The van der Waals surface area contributed by atoms with E-state index in [-0.39, 0.29) is 0 Å². The van der Waals surface area contributed by atoms with Gasteiger partial charge in [0.25, 0.3) is 0 Å². The lowest BCUT2D eigenvalue weighted by atomic mass is 10.1. The number of nitrogens with zero attached hydrogens (tertiary/aromatic N) is 4. The van der Waals surface area contributed by atoms with E-state index in [4.69, 9.17) is 9.97 Å². The molecule has 0 aliphatic carbocycles. The summed E-state index contributed by atoms with van der Waals surface area (Å²) in [6.45, 7) is 0. The van der Waals surface area contributed by atoms with Gasteiger partial charge in [-0.1, -0.05) is 291 Å². The second kappa shape index (κ2) is 20.4. The van der Waals surface area contributed by atoms with E-state index in [1.54, 1.807) is 0 Å². The quantitative estimate of drug-likeness (QED) is 0.0903. The summed E-state index contributed by atoms with van der Waals surface area (Å²) in [4.78, 5) is 11.0. The van der Waals surface area contributed by atoms with Crippen LogP contribution in [0.3, 0.4) is 0 Å². The molecule has 15 rings (SSSR count). The lowest BCUT2D eigenvalue weighted by molar-refractivity contribution is 1.05. The highest BCUT2D eigenvalue weighted by Crippen LogP contribution is 2.42. The van der Waals surface area contributed by atoms with Crippen LogP contribution in [0.2, 0.25) is 0 Å². The third kappa shape index (κ3) is 7.86. The Bertz CT molecular complexity index is 4570. The summed E-state index contributed by atoms with van der Waals surface area (Å²) in [7, 11) is -5.63. The molecule has 386 valence electrons. The number of para-hydroxylation sites is 2. The minimum atomic E-state index is -2.85. The maximum absolute atomic E-state index is 5.58. The fraction of sp³-hybridized carbons (Fsp3) is 0. The first-order valence-electron chi connectivity index (χ1n) is 28.1. The number of aromatic nitrogens is 4. The van der Waals surface area contributed by atoms with E-state index in [1.807, 2.05) is 0 Å². The van der Waals surface area contributed by atoms with Crippen molar-refractivity contribution in [3.05, 3.63) is 328 Å². The van der Waals surface area contributed by atoms with Crippen molar-refractivity contribution in [2.45, 2.75) is 0 Å². The highest BCUT2D eigenvalue weighted by atomic mass is 28.3. The molecule has 0 aliphatic heterocycles. The molecule has 15 aromatic rings. The molecule has 0 bridgehead atoms. The van der Waals surface area contributed by atoms with Gasteiger partial charge >= 0.3 is 0 Å². The Hall–Kier alpha value is -10.2. The molecule has 0 amide bonds. The van der Waals surface area contributed by atoms with Gasteiger partial charge in [0.2, 0.25) is 0 Å². The number of hydrogen-bond donors (Lipinski definition) is 0. The van der Waals surface area contributed by atoms with Crippen molar-refractivity contribution in [1.82, 2.24) is 19.1 Å². The SMILES string of the molecule is c1ccc(-c2nc(-c3ccc([Si](c4ccccc4)(c4ccccc4)c4ccccc4)cc3)cc(-n3c4ccccc4c4ccc5c(c6ccccc6n5-c5cccc([Si](c6ccccc6)(c6ccccc6)c6ccccc6)c5)c43)n2)cc1. The summed E-state index contributed by atoms with van der Waals surface area (Å²) in [6, 6.07) is 121. The summed E-state index contributed by atoms with van der Waals surface area (Å²) in [5.41, 5.74) is 8.38. The Morgan fingerprint density at radius 3 is 1.18 bits per heavy atom. The van der Waals surface area contributed by atoms with Crippen LogP contribution in [0.25, 0.3) is 77.8 Å². The summed E-state index contributed by atoms with van der Waals surface area (Å²) in [5, 5.41) is 15.3. The van der Waals surface area contributed by atoms with Crippen LogP contribution >= 0.6 is 0 Å². The fourth-order valence-electron chi connectivity index (χ4n) is 13.3. The van der Waals surface area contributed by atoms with Gasteiger partial charge in [0.15, 0.2) is 22.0 Å². The molecule has 0 saturated heterocycles. The van der Waals surface area contributed by atoms with Crippen LogP contribution in [0.5, 0.6) is 0 Å². The largest absolute Gasteiger partial charge is 0.309 e. The van der Waals surface area contributed by atoms with Crippen LogP contribution in [-0.2, 0) is 0 Å². The molecule has 0 N–H and O–H groups in total. The number of rotatable bonds is 12. The van der Waals surface area contributed by atoms with Crippen molar-refractivity contribution in [1.29, 1.82) is 0 Å². The normalized spacial score (nSPS) is 11.9. The third-order valence-electron chi connectivity index (χ3n) is 16.8. The predicted octanol–water partition coefficient (Wildman–Crippen LogP) is 12.8. The second-order valence-corrected chi connectivity index (χ2v) is 28.8. The molecule has 0 atom stereocenters. The Balaban J connectivity index is 0.959. The lowest BCUT2D eigenvalue weighted by Gasteiger charge is -2.34. The number of hydrogen-bond acceptors (Lipinski definition) is 2. The molecule has 6 heteroatoms. The van der Waals surface area contributed by atoms with Gasteiger partial charge in [-0.2, -0.15) is 0 Å². The van der Waals surface area contributed by atoms with Crippen LogP contribution in [0, 0.1) is 0 Å². The Morgan fingerprint density at radius 1 is 0.256 bits per heavy atom. The standard InChI is InChI=1S/C76H54N4Si2/c1-8-27-56(28-9-1)76-77-69(55-47-49-64(50-48-55)81(58-30-10-2-11-31-58,59-32-12-3-13-33-59)60-34-14-4-15-35-60)54-73(78-76)80-70-45-24-22-43-66(70)67-51-52-72-74(75(67)80)68-44-23-25-46-71(68)79(72)57-29-26-42-65(53-57)82(61-36-16-5-17-37-61,62-38-18-6-19-39-62)63-40-20-7-21-41-63/h1-54H. The maximum Gasteiger partial charge on any atom is 0.179 e. The zero-order valence-electron chi connectivity index (χ0n) is 45.0. The first-order valence-corrected chi connectivity index (χ1v) is 32.1. The first kappa shape index (κ1) is 48.8. The zero-order valence-corrected chi connectivity index (χ0v) is 47.0. The molecule has 0 aliphatic rings. The van der Waals surface area contributed by atoms with E-state index >= 15 is 0 Å². The average molecular weight is 1080 g/mol. The van der Waals surface area contributed by atoms with Gasteiger partial charge in [-0.05, 0) is 71.8 Å². The number of fused-ring (bicyclic) bond motifs is 7. The molecular weight excluding hydrogens is 1030 g/mol. The molecular formula is C76H54N4Si2. The van der Waals surface area contributed by atoms with Crippen LogP contribution in [0.15, 0.2) is 328 Å². The van der Waals surface area contributed by atoms with E-state index < -0.39 is 16.1 Å². The molecule has 3 aromatic heterocycles. The van der Waals surface area contributed by atoms with Gasteiger partial charge in [0.05, 0.1) is 27.8 Å². The lowest BCUT2D eigenvalue weighted by Crippen LogP contribution is -2.74. The second-order valence-electron chi connectivity index (χ2n) is 21.2. The zero-order chi connectivity index (χ0) is 54.5. The van der Waals surface area contributed by atoms with E-state index in [1.165, 1.54) is 57.7 Å². The van der Waals surface area contributed by atoms with Gasteiger partial charge in [-0.15, -0.1) is 0 Å². The third-order valence-corrected chi connectivity index (χ3v) is 26.4. The van der Waals surface area contributed by atoms with Gasteiger partial charge in [0, 0.05) is 44.4 Å². The summed E-state index contributed by atoms with van der Waals surface area (Å²) >= 11 is 0. The highest BCUT2D eigenvalue weighted by Gasteiger charge is 2.43. The van der Waals surface area contributed by atoms with Crippen molar-refractivity contribution in [2.24, 2.45) is 0 Å². The van der Waals surface area contributed by atoms with E-state index in [2.05, 4.69) is 337 Å². The molecule has 0 radical (unpaired) electrons. The predicted molar refractivity (Wildman–Crippen MR) is 349 cm³/mol. The molecule has 3 heterocycles. The smallest absolute Gasteiger partial charge is 0.179 e. The molecule has 0 spiro atoms. The van der Waals surface area contributed by atoms with Crippen LogP contribution in [0.4, 0.5) is 0 Å². The minimum absolute atomic E-state index is 0.666. The summed E-state index contributed by atoms with van der Waals surface area (Å²) < 4.78 is 4.89. The van der Waals surface area contributed by atoms with Crippen molar-refractivity contribution >= 4 is 101 Å². The molecule has 12 aromatic carbocycles. The average Bonchev–Trinajstić information content (AvgIpc) is 2.17. The molecule has 0 saturated carbocycles. The minimum Gasteiger partial charge on any atom is -0.309 e. The van der Waals surface area contributed by atoms with Crippen molar-refractivity contribution in [3.8, 4) is 34.2 Å². The van der Waals surface area contributed by atoms with Gasteiger partial charge in [0.1, 0.15) is 5.82 Å². The van der Waals surface area contributed by atoms with E-state index in [0.717, 1.165) is 55.8 Å².